The molecule has 0 unspecified atom stereocenters. The van der Waals surface area contributed by atoms with Crippen LogP contribution >= 0.6 is 0 Å². The molecule has 0 fully saturated rings. The van der Waals surface area contributed by atoms with Crippen molar-refractivity contribution in [2.24, 2.45) is 0 Å². The van der Waals surface area contributed by atoms with E-state index in [9.17, 15) is 0 Å². The maximum absolute atomic E-state index is 5.39. The van der Waals surface area contributed by atoms with E-state index in [0.717, 1.165) is 30.2 Å². The second-order valence-electron chi connectivity index (χ2n) is 3.71. The van der Waals surface area contributed by atoms with Gasteiger partial charge in [0.15, 0.2) is 11.6 Å². The highest BCUT2D eigenvalue weighted by molar-refractivity contribution is 5.32. The van der Waals surface area contributed by atoms with Crippen molar-refractivity contribution in [3.63, 3.8) is 0 Å². The van der Waals surface area contributed by atoms with Gasteiger partial charge in [0.05, 0.1) is 19.0 Å². The number of rotatable bonds is 6. The topological polar surface area (TPSA) is 64.9 Å². The number of aromatic nitrogens is 4. The van der Waals surface area contributed by atoms with Crippen molar-refractivity contribution in [2.45, 2.75) is 20.4 Å². The predicted octanol–water partition coefficient (Wildman–Crippen LogP) is 1.17. The van der Waals surface area contributed by atoms with E-state index < -0.39 is 0 Å². The molecule has 0 amide bonds. The van der Waals surface area contributed by atoms with Gasteiger partial charge in [0.25, 0.3) is 0 Å². The Kier molecular flexibility index (Phi) is 4.25. The van der Waals surface area contributed by atoms with Crippen molar-refractivity contribution in [3.05, 3.63) is 30.5 Å². The molecule has 2 aromatic rings. The SMILES string of the molecule is CCNCc1cncnc1-n1cc(OCC)cn1. The third-order valence-electron chi connectivity index (χ3n) is 2.42. The highest BCUT2D eigenvalue weighted by Crippen LogP contribution is 2.14. The highest BCUT2D eigenvalue weighted by atomic mass is 16.5. The van der Waals surface area contributed by atoms with Gasteiger partial charge in [-0.25, -0.2) is 14.6 Å². The smallest absolute Gasteiger partial charge is 0.161 e. The molecular weight excluding hydrogens is 230 g/mol. The van der Waals surface area contributed by atoms with Gasteiger partial charge in [0, 0.05) is 18.3 Å². The van der Waals surface area contributed by atoms with Crippen molar-refractivity contribution in [2.75, 3.05) is 13.2 Å². The van der Waals surface area contributed by atoms with Crippen molar-refractivity contribution in [1.82, 2.24) is 25.1 Å². The van der Waals surface area contributed by atoms with Gasteiger partial charge in [-0.1, -0.05) is 6.92 Å². The molecule has 0 atom stereocenters. The lowest BCUT2D eigenvalue weighted by molar-refractivity contribution is 0.340. The van der Waals surface area contributed by atoms with Gasteiger partial charge in [-0.15, -0.1) is 0 Å². The molecule has 0 bridgehead atoms. The van der Waals surface area contributed by atoms with Gasteiger partial charge in [0.2, 0.25) is 0 Å². The minimum Gasteiger partial charge on any atom is -0.491 e. The van der Waals surface area contributed by atoms with E-state index in [-0.39, 0.29) is 0 Å². The van der Waals surface area contributed by atoms with E-state index in [1.54, 1.807) is 17.1 Å². The Balaban J connectivity index is 2.25. The van der Waals surface area contributed by atoms with Crippen LogP contribution in [0.25, 0.3) is 5.82 Å². The van der Waals surface area contributed by atoms with Crippen LogP contribution in [0, 0.1) is 0 Å². The summed E-state index contributed by atoms with van der Waals surface area (Å²) < 4.78 is 7.09. The molecule has 96 valence electrons. The summed E-state index contributed by atoms with van der Waals surface area (Å²) in [7, 11) is 0. The summed E-state index contributed by atoms with van der Waals surface area (Å²) in [5.41, 5.74) is 1.01. The van der Waals surface area contributed by atoms with E-state index in [0.29, 0.717) is 6.61 Å². The first kappa shape index (κ1) is 12.5. The van der Waals surface area contributed by atoms with Crippen LogP contribution in [0.1, 0.15) is 19.4 Å². The molecule has 0 aliphatic carbocycles. The molecular formula is C12H17N5O. The molecule has 0 saturated heterocycles. The molecule has 2 heterocycles. The quantitative estimate of drug-likeness (QED) is 0.830. The summed E-state index contributed by atoms with van der Waals surface area (Å²) >= 11 is 0. The normalized spacial score (nSPS) is 10.6. The molecule has 2 aromatic heterocycles. The molecule has 2 rings (SSSR count). The van der Waals surface area contributed by atoms with E-state index in [1.165, 1.54) is 6.33 Å². The van der Waals surface area contributed by atoms with E-state index in [1.807, 2.05) is 13.1 Å². The predicted molar refractivity (Wildman–Crippen MR) is 67.7 cm³/mol. The standard InChI is InChI=1S/C12H17N5O/c1-3-13-5-10-6-14-9-15-12(10)17-8-11(7-16-17)18-4-2/h6-9,13H,3-5H2,1-2H3. The van der Waals surface area contributed by atoms with Crippen LogP contribution in [0.15, 0.2) is 24.9 Å². The van der Waals surface area contributed by atoms with Crippen LogP contribution in [-0.4, -0.2) is 32.9 Å². The van der Waals surface area contributed by atoms with Gasteiger partial charge in [-0.3, -0.25) is 0 Å². The van der Waals surface area contributed by atoms with Gasteiger partial charge < -0.3 is 10.1 Å². The molecule has 6 nitrogen and oxygen atoms in total. The third-order valence-corrected chi connectivity index (χ3v) is 2.42. The highest BCUT2D eigenvalue weighted by Gasteiger charge is 2.08. The second-order valence-corrected chi connectivity index (χ2v) is 3.71. The zero-order valence-electron chi connectivity index (χ0n) is 10.6. The second kappa shape index (κ2) is 6.11. The Hall–Kier alpha value is -1.95. The van der Waals surface area contributed by atoms with Gasteiger partial charge in [-0.05, 0) is 13.5 Å². The molecule has 0 aliphatic rings. The number of ether oxygens (including phenoxy) is 1. The average Bonchev–Trinajstić information content (AvgIpc) is 2.86. The number of nitrogens with zero attached hydrogens (tertiary/aromatic N) is 4. The fourth-order valence-electron chi connectivity index (χ4n) is 1.61. The number of nitrogens with one attached hydrogen (secondary N) is 1. The van der Waals surface area contributed by atoms with Crippen LogP contribution in [0.3, 0.4) is 0 Å². The van der Waals surface area contributed by atoms with Crippen LogP contribution < -0.4 is 10.1 Å². The minimum absolute atomic E-state index is 0.625. The zero-order chi connectivity index (χ0) is 12.8. The van der Waals surface area contributed by atoms with Crippen molar-refractivity contribution >= 4 is 0 Å². The molecule has 6 heteroatoms. The van der Waals surface area contributed by atoms with Crippen LogP contribution in [0.2, 0.25) is 0 Å². The van der Waals surface area contributed by atoms with E-state index >= 15 is 0 Å². The Morgan fingerprint density at radius 1 is 1.33 bits per heavy atom. The van der Waals surface area contributed by atoms with Crippen LogP contribution in [0.5, 0.6) is 5.75 Å². The molecule has 0 aliphatic heterocycles. The van der Waals surface area contributed by atoms with Crippen molar-refractivity contribution < 1.29 is 4.74 Å². The summed E-state index contributed by atoms with van der Waals surface area (Å²) in [6.07, 6.45) is 6.82. The molecule has 0 spiro atoms. The van der Waals surface area contributed by atoms with E-state index in [2.05, 4.69) is 27.3 Å². The lowest BCUT2D eigenvalue weighted by atomic mass is 10.3. The maximum atomic E-state index is 5.39. The largest absolute Gasteiger partial charge is 0.491 e. The first-order valence-electron chi connectivity index (χ1n) is 6.02. The molecule has 0 saturated carbocycles. The number of hydrogen-bond acceptors (Lipinski definition) is 5. The van der Waals surface area contributed by atoms with E-state index in [4.69, 9.17) is 4.74 Å². The summed E-state index contributed by atoms with van der Waals surface area (Å²) in [5.74, 6) is 1.52. The third kappa shape index (κ3) is 2.84. The zero-order valence-corrected chi connectivity index (χ0v) is 10.6. The first-order valence-corrected chi connectivity index (χ1v) is 6.02. The van der Waals surface area contributed by atoms with Gasteiger partial charge >= 0.3 is 0 Å². The lowest BCUT2D eigenvalue weighted by Gasteiger charge is -2.07. The molecule has 1 N–H and O–H groups in total. The van der Waals surface area contributed by atoms with Gasteiger partial charge in [-0.2, -0.15) is 5.10 Å². The fraction of sp³-hybridized carbons (Fsp3) is 0.417. The first-order chi connectivity index (χ1) is 8.85. The Morgan fingerprint density at radius 3 is 3.00 bits per heavy atom. The minimum atomic E-state index is 0.625. The van der Waals surface area contributed by atoms with Crippen molar-refractivity contribution in [3.8, 4) is 11.6 Å². The fourth-order valence-corrected chi connectivity index (χ4v) is 1.61. The summed E-state index contributed by atoms with van der Waals surface area (Å²) in [6, 6.07) is 0. The van der Waals surface area contributed by atoms with Crippen LogP contribution in [0.4, 0.5) is 0 Å². The monoisotopic (exact) mass is 247 g/mol. The van der Waals surface area contributed by atoms with Gasteiger partial charge in [0.1, 0.15) is 6.33 Å². The van der Waals surface area contributed by atoms with Crippen molar-refractivity contribution in [1.29, 1.82) is 0 Å². The summed E-state index contributed by atoms with van der Waals surface area (Å²) in [5, 5.41) is 7.50. The maximum Gasteiger partial charge on any atom is 0.161 e. The summed E-state index contributed by atoms with van der Waals surface area (Å²) in [6.45, 7) is 6.25. The molecule has 0 aromatic carbocycles. The Morgan fingerprint density at radius 2 is 2.22 bits per heavy atom. The molecule has 0 radical (unpaired) electrons. The number of hydrogen-bond donors (Lipinski definition) is 1. The lowest BCUT2D eigenvalue weighted by Crippen LogP contribution is -2.15. The summed E-state index contributed by atoms with van der Waals surface area (Å²) in [4.78, 5) is 8.31. The Labute approximate surface area is 106 Å². The Bertz CT molecular complexity index is 497. The molecule has 18 heavy (non-hydrogen) atoms. The van der Waals surface area contributed by atoms with Crippen LogP contribution in [-0.2, 0) is 6.54 Å². The average molecular weight is 247 g/mol.